The van der Waals surface area contributed by atoms with Crippen molar-refractivity contribution in [3.63, 3.8) is 0 Å². The molecule has 0 heterocycles. The molecule has 13 heavy (non-hydrogen) atoms. The van der Waals surface area contributed by atoms with Gasteiger partial charge in [-0.1, -0.05) is 33.9 Å². The van der Waals surface area contributed by atoms with Gasteiger partial charge in [-0.05, 0) is 18.4 Å². The molecule has 0 aromatic heterocycles. The van der Waals surface area contributed by atoms with Crippen LogP contribution in [0.4, 0.5) is 0 Å². The van der Waals surface area contributed by atoms with Crippen LogP contribution in [0.3, 0.4) is 0 Å². The minimum Gasteiger partial charge on any atom is -0.481 e. The zero-order chi connectivity index (χ0) is 10.1. The number of alkyl halides is 1. The van der Waals surface area contributed by atoms with E-state index in [4.69, 9.17) is 10.6 Å². The highest BCUT2D eigenvalue weighted by molar-refractivity contribution is 9.09. The van der Waals surface area contributed by atoms with Crippen molar-refractivity contribution in [3.8, 4) is 0 Å². The average Bonchev–Trinajstić information content (AvgIpc) is 2.10. The SMILES string of the molecule is [N-]=[N+]=N[C@@H](CCCCCBr)C(=O)O. The Labute approximate surface area is 84.9 Å². The summed E-state index contributed by atoms with van der Waals surface area (Å²) in [6, 6.07) is -0.902. The first kappa shape index (κ1) is 12.3. The fraction of sp³-hybridized carbons (Fsp3) is 0.857. The van der Waals surface area contributed by atoms with Crippen LogP contribution in [0.15, 0.2) is 5.11 Å². The number of hydrogen-bond donors (Lipinski definition) is 1. The van der Waals surface area contributed by atoms with E-state index < -0.39 is 12.0 Å². The highest BCUT2D eigenvalue weighted by atomic mass is 79.9. The van der Waals surface area contributed by atoms with Gasteiger partial charge in [-0.3, -0.25) is 4.79 Å². The van der Waals surface area contributed by atoms with Crippen LogP contribution in [0.25, 0.3) is 10.4 Å². The van der Waals surface area contributed by atoms with Crippen LogP contribution in [0, 0.1) is 0 Å². The molecule has 0 saturated heterocycles. The molecule has 0 unspecified atom stereocenters. The Hall–Kier alpha value is -0.740. The molecule has 0 radical (unpaired) electrons. The number of rotatable bonds is 7. The van der Waals surface area contributed by atoms with E-state index >= 15 is 0 Å². The molecule has 0 saturated carbocycles. The smallest absolute Gasteiger partial charge is 0.312 e. The summed E-state index contributed by atoms with van der Waals surface area (Å²) in [7, 11) is 0. The van der Waals surface area contributed by atoms with Crippen molar-refractivity contribution in [2.75, 3.05) is 5.33 Å². The summed E-state index contributed by atoms with van der Waals surface area (Å²) < 4.78 is 0. The van der Waals surface area contributed by atoms with Gasteiger partial charge in [-0.15, -0.1) is 0 Å². The monoisotopic (exact) mass is 249 g/mol. The molecule has 0 aliphatic carbocycles. The summed E-state index contributed by atoms with van der Waals surface area (Å²) in [4.78, 5) is 13.0. The fourth-order valence-corrected chi connectivity index (χ4v) is 1.30. The molecule has 0 amide bonds. The molecule has 0 rings (SSSR count). The third-order valence-corrected chi connectivity index (χ3v) is 2.15. The predicted octanol–water partition coefficient (Wildman–Crippen LogP) is 2.71. The number of aliphatic carboxylic acids is 1. The van der Waals surface area contributed by atoms with Crippen LogP contribution in [0.1, 0.15) is 25.7 Å². The lowest BCUT2D eigenvalue weighted by molar-refractivity contribution is -0.138. The van der Waals surface area contributed by atoms with Gasteiger partial charge < -0.3 is 5.11 Å². The second kappa shape index (κ2) is 7.89. The maximum atomic E-state index is 10.5. The molecular weight excluding hydrogens is 238 g/mol. The molecule has 0 fully saturated rings. The minimum atomic E-state index is -1.04. The zero-order valence-corrected chi connectivity index (χ0v) is 8.77. The van der Waals surface area contributed by atoms with Gasteiger partial charge in [0.25, 0.3) is 0 Å². The predicted molar refractivity (Wildman–Crippen MR) is 52.8 cm³/mol. The van der Waals surface area contributed by atoms with Crippen molar-refractivity contribution in [1.29, 1.82) is 0 Å². The quantitative estimate of drug-likeness (QED) is 0.247. The van der Waals surface area contributed by atoms with Gasteiger partial charge in [0.15, 0.2) is 0 Å². The second-order valence-electron chi connectivity index (χ2n) is 2.60. The minimum absolute atomic E-state index is 0.423. The van der Waals surface area contributed by atoms with Gasteiger partial charge in [0.2, 0.25) is 0 Å². The van der Waals surface area contributed by atoms with Crippen LogP contribution in [-0.2, 0) is 4.79 Å². The Bertz CT molecular complexity index is 202. The molecular formula is C7H12BrN3O2. The number of carbonyl (C=O) groups is 1. The molecule has 0 aliphatic heterocycles. The molecule has 6 heteroatoms. The van der Waals surface area contributed by atoms with Gasteiger partial charge in [0, 0.05) is 10.2 Å². The molecule has 0 spiro atoms. The summed E-state index contributed by atoms with van der Waals surface area (Å²) in [5.41, 5.74) is 8.08. The molecule has 0 bridgehead atoms. The number of carboxylic acid groups (broad SMARTS) is 1. The summed E-state index contributed by atoms with van der Waals surface area (Å²) in [5.74, 6) is -1.04. The highest BCUT2D eigenvalue weighted by Gasteiger charge is 2.13. The Kier molecular flexibility index (Phi) is 7.44. The number of halogens is 1. The topological polar surface area (TPSA) is 86.1 Å². The average molecular weight is 250 g/mol. The van der Waals surface area contributed by atoms with E-state index in [1.54, 1.807) is 0 Å². The first-order valence-corrected chi connectivity index (χ1v) is 5.17. The lowest BCUT2D eigenvalue weighted by Crippen LogP contribution is -2.16. The Morgan fingerprint density at radius 1 is 1.54 bits per heavy atom. The third kappa shape index (κ3) is 6.42. The number of carboxylic acids is 1. The Morgan fingerprint density at radius 2 is 2.23 bits per heavy atom. The Morgan fingerprint density at radius 3 is 2.69 bits per heavy atom. The van der Waals surface area contributed by atoms with Gasteiger partial charge >= 0.3 is 5.97 Å². The van der Waals surface area contributed by atoms with Crippen molar-refractivity contribution >= 4 is 21.9 Å². The zero-order valence-electron chi connectivity index (χ0n) is 7.19. The molecule has 5 nitrogen and oxygen atoms in total. The number of azide groups is 1. The van der Waals surface area contributed by atoms with Crippen LogP contribution in [0.2, 0.25) is 0 Å². The van der Waals surface area contributed by atoms with E-state index in [-0.39, 0.29) is 0 Å². The van der Waals surface area contributed by atoms with Crippen molar-refractivity contribution in [3.05, 3.63) is 10.4 Å². The maximum absolute atomic E-state index is 10.5. The van der Waals surface area contributed by atoms with Gasteiger partial charge in [-0.25, -0.2) is 0 Å². The number of hydrogen-bond acceptors (Lipinski definition) is 2. The van der Waals surface area contributed by atoms with E-state index in [1.165, 1.54) is 0 Å². The van der Waals surface area contributed by atoms with Crippen LogP contribution in [0.5, 0.6) is 0 Å². The second-order valence-corrected chi connectivity index (χ2v) is 3.39. The van der Waals surface area contributed by atoms with Crippen molar-refractivity contribution < 1.29 is 9.90 Å². The first-order chi connectivity index (χ1) is 6.22. The molecule has 0 aromatic rings. The van der Waals surface area contributed by atoms with E-state index in [2.05, 4.69) is 26.0 Å². The lowest BCUT2D eigenvalue weighted by atomic mass is 10.1. The normalized spacial score (nSPS) is 11.8. The molecule has 74 valence electrons. The van der Waals surface area contributed by atoms with Crippen LogP contribution >= 0.6 is 15.9 Å². The number of unbranched alkanes of at least 4 members (excludes halogenated alkanes) is 2. The lowest BCUT2D eigenvalue weighted by Gasteiger charge is -2.03. The third-order valence-electron chi connectivity index (χ3n) is 1.59. The van der Waals surface area contributed by atoms with Gasteiger partial charge in [0.1, 0.15) is 6.04 Å². The summed E-state index contributed by atoms with van der Waals surface area (Å²) in [6.45, 7) is 0. The largest absolute Gasteiger partial charge is 0.481 e. The van der Waals surface area contributed by atoms with Crippen molar-refractivity contribution in [2.45, 2.75) is 31.7 Å². The molecule has 1 atom stereocenters. The Balaban J connectivity index is 3.70. The van der Waals surface area contributed by atoms with Crippen molar-refractivity contribution in [1.82, 2.24) is 0 Å². The summed E-state index contributed by atoms with van der Waals surface area (Å²) in [5, 5.41) is 12.7. The van der Waals surface area contributed by atoms with Crippen LogP contribution < -0.4 is 0 Å². The maximum Gasteiger partial charge on any atom is 0.312 e. The van der Waals surface area contributed by atoms with E-state index in [1.807, 2.05) is 0 Å². The standard InChI is InChI=1S/C7H12BrN3O2/c8-5-3-1-2-4-6(7(12)13)10-11-9/h6H,1-5H2,(H,12,13)/t6-/m0/s1. The highest BCUT2D eigenvalue weighted by Crippen LogP contribution is 2.08. The van der Waals surface area contributed by atoms with E-state index in [9.17, 15) is 4.79 Å². The fourth-order valence-electron chi connectivity index (χ4n) is 0.902. The first-order valence-electron chi connectivity index (χ1n) is 4.05. The van der Waals surface area contributed by atoms with Gasteiger partial charge in [-0.2, -0.15) is 0 Å². The summed E-state index contributed by atoms with van der Waals surface area (Å²) in [6.07, 6.45) is 3.17. The molecule has 1 N–H and O–H groups in total. The van der Waals surface area contributed by atoms with Crippen molar-refractivity contribution in [2.24, 2.45) is 5.11 Å². The number of nitrogens with zero attached hydrogens (tertiary/aromatic N) is 3. The van der Waals surface area contributed by atoms with E-state index in [0.29, 0.717) is 6.42 Å². The van der Waals surface area contributed by atoms with E-state index in [0.717, 1.165) is 24.6 Å². The van der Waals surface area contributed by atoms with Crippen LogP contribution in [-0.4, -0.2) is 22.4 Å². The summed E-state index contributed by atoms with van der Waals surface area (Å²) >= 11 is 3.28. The molecule has 0 aliphatic rings. The molecule has 0 aromatic carbocycles. The van der Waals surface area contributed by atoms with Gasteiger partial charge in [0.05, 0.1) is 0 Å².